The Morgan fingerprint density at radius 1 is 1.14 bits per heavy atom. The van der Waals surface area contributed by atoms with Crippen molar-refractivity contribution in [1.82, 2.24) is 0 Å². The van der Waals surface area contributed by atoms with Crippen molar-refractivity contribution < 1.29 is 4.39 Å². The first kappa shape index (κ1) is 14.0. The van der Waals surface area contributed by atoms with E-state index >= 15 is 0 Å². The topological polar surface area (TPSA) is 12.0 Å². The van der Waals surface area contributed by atoms with Crippen LogP contribution in [-0.2, 0) is 0 Å². The van der Waals surface area contributed by atoms with Crippen LogP contribution in [0.25, 0.3) is 0 Å². The summed E-state index contributed by atoms with van der Waals surface area (Å²) in [5, 5.41) is 3.51. The van der Waals surface area contributed by atoms with E-state index in [1.165, 1.54) is 38.5 Å². The van der Waals surface area contributed by atoms with Gasteiger partial charge in [0, 0.05) is 10.5 Å². The number of halogens is 2. The minimum absolute atomic E-state index is 0.152. The molecule has 4 aliphatic rings. The molecule has 0 aromatic heterocycles. The zero-order valence-electron chi connectivity index (χ0n) is 12.5. The third-order valence-corrected chi connectivity index (χ3v) is 6.99. The number of rotatable bonds is 3. The summed E-state index contributed by atoms with van der Waals surface area (Å²) in [6.45, 7) is 2.27. The average Bonchev–Trinajstić information content (AvgIpc) is 2.41. The minimum Gasteiger partial charge on any atom is -0.379 e. The van der Waals surface area contributed by atoms with E-state index in [0.29, 0.717) is 17.1 Å². The fourth-order valence-electron chi connectivity index (χ4n) is 5.71. The second kappa shape index (κ2) is 4.97. The van der Waals surface area contributed by atoms with E-state index in [2.05, 4.69) is 28.2 Å². The van der Waals surface area contributed by atoms with E-state index in [1.54, 1.807) is 12.1 Å². The van der Waals surface area contributed by atoms with E-state index in [9.17, 15) is 4.39 Å². The van der Waals surface area contributed by atoms with Gasteiger partial charge in [-0.2, -0.15) is 0 Å². The van der Waals surface area contributed by atoms with E-state index in [1.807, 2.05) is 6.07 Å². The highest BCUT2D eigenvalue weighted by Gasteiger charge is 2.53. The largest absolute Gasteiger partial charge is 0.379 e. The van der Waals surface area contributed by atoms with Crippen molar-refractivity contribution in [3.8, 4) is 0 Å². The highest BCUT2D eigenvalue weighted by atomic mass is 79.9. The molecule has 3 heteroatoms. The first-order valence-electron chi connectivity index (χ1n) is 8.26. The fraction of sp³-hybridized carbons (Fsp3) is 0.667. The molecule has 0 radical (unpaired) electrons. The van der Waals surface area contributed by atoms with Gasteiger partial charge in [-0.15, -0.1) is 0 Å². The molecule has 4 saturated carbocycles. The number of nitrogens with one attached hydrogen (secondary N) is 1. The van der Waals surface area contributed by atoms with E-state index < -0.39 is 0 Å². The molecule has 1 N–H and O–H groups in total. The summed E-state index contributed by atoms with van der Waals surface area (Å²) < 4.78 is 14.9. The molecule has 4 aliphatic carbocycles. The quantitative estimate of drug-likeness (QED) is 0.746. The van der Waals surface area contributed by atoms with Gasteiger partial charge in [-0.1, -0.05) is 6.07 Å². The molecule has 0 aliphatic heterocycles. The van der Waals surface area contributed by atoms with Crippen molar-refractivity contribution in [2.75, 3.05) is 5.32 Å². The number of para-hydroxylation sites is 1. The Bertz CT molecular complexity index is 501. The van der Waals surface area contributed by atoms with Crippen molar-refractivity contribution >= 4 is 21.6 Å². The van der Waals surface area contributed by atoms with Gasteiger partial charge in [0.05, 0.1) is 5.69 Å². The SMILES string of the molecule is CC(Nc1c(F)cccc1Br)C12CC3CC(CC(C3)C1)C2. The van der Waals surface area contributed by atoms with Gasteiger partial charge in [0.2, 0.25) is 0 Å². The van der Waals surface area contributed by atoms with Gasteiger partial charge < -0.3 is 5.32 Å². The van der Waals surface area contributed by atoms with Gasteiger partial charge in [0.25, 0.3) is 0 Å². The smallest absolute Gasteiger partial charge is 0.147 e. The van der Waals surface area contributed by atoms with E-state index in [4.69, 9.17) is 0 Å². The van der Waals surface area contributed by atoms with Crippen LogP contribution in [-0.4, -0.2) is 6.04 Å². The molecule has 0 amide bonds. The lowest BCUT2D eigenvalue weighted by Gasteiger charge is -2.59. The predicted molar refractivity (Wildman–Crippen MR) is 87.8 cm³/mol. The number of hydrogen-bond acceptors (Lipinski definition) is 1. The van der Waals surface area contributed by atoms with Gasteiger partial charge in [-0.05, 0) is 96.7 Å². The molecule has 1 atom stereocenters. The lowest BCUT2D eigenvalue weighted by molar-refractivity contribution is -0.0603. The van der Waals surface area contributed by atoms with Crippen molar-refractivity contribution in [2.45, 2.75) is 51.5 Å². The minimum atomic E-state index is -0.152. The van der Waals surface area contributed by atoms with Crippen LogP contribution in [0.2, 0.25) is 0 Å². The van der Waals surface area contributed by atoms with Gasteiger partial charge in [-0.3, -0.25) is 0 Å². The average molecular weight is 352 g/mol. The number of benzene rings is 1. The Morgan fingerprint density at radius 2 is 1.71 bits per heavy atom. The third-order valence-electron chi connectivity index (χ3n) is 6.33. The lowest BCUT2D eigenvalue weighted by atomic mass is 9.48. The molecule has 1 aromatic carbocycles. The van der Waals surface area contributed by atoms with Gasteiger partial charge in [-0.25, -0.2) is 4.39 Å². The Hall–Kier alpha value is -0.570. The Labute approximate surface area is 134 Å². The predicted octanol–water partition coefficient (Wildman–Crippen LogP) is 5.61. The van der Waals surface area contributed by atoms with Gasteiger partial charge in [0.15, 0.2) is 0 Å². The summed E-state index contributed by atoms with van der Waals surface area (Å²) in [7, 11) is 0. The van der Waals surface area contributed by atoms with E-state index in [0.717, 1.165) is 22.2 Å². The fourth-order valence-corrected chi connectivity index (χ4v) is 6.17. The number of anilines is 1. The Morgan fingerprint density at radius 3 is 2.24 bits per heavy atom. The van der Waals surface area contributed by atoms with Crippen LogP contribution in [0.3, 0.4) is 0 Å². The van der Waals surface area contributed by atoms with Crippen LogP contribution in [0.5, 0.6) is 0 Å². The molecule has 4 fully saturated rings. The van der Waals surface area contributed by atoms with E-state index in [-0.39, 0.29) is 5.82 Å². The third kappa shape index (κ3) is 2.32. The standard InChI is InChI=1S/C18H23BrFN/c1-11(21-17-15(19)3-2-4-16(17)20)18-8-12-5-13(9-18)7-14(6-12)10-18/h2-4,11-14,21H,5-10H2,1H3. The normalized spacial score (nSPS) is 38.5. The molecular weight excluding hydrogens is 329 g/mol. The molecule has 5 rings (SSSR count). The number of hydrogen-bond donors (Lipinski definition) is 1. The van der Waals surface area contributed by atoms with Crippen molar-refractivity contribution in [3.05, 3.63) is 28.5 Å². The second-order valence-corrected chi connectivity index (χ2v) is 8.60. The van der Waals surface area contributed by atoms with Crippen LogP contribution in [0.15, 0.2) is 22.7 Å². The zero-order valence-corrected chi connectivity index (χ0v) is 14.1. The summed E-state index contributed by atoms with van der Waals surface area (Å²) in [5.74, 6) is 2.65. The van der Waals surface area contributed by atoms with Crippen LogP contribution in [0.4, 0.5) is 10.1 Å². The molecule has 1 aromatic rings. The highest BCUT2D eigenvalue weighted by Crippen LogP contribution is 2.61. The van der Waals surface area contributed by atoms with Crippen LogP contribution >= 0.6 is 15.9 Å². The maximum atomic E-state index is 14.1. The maximum absolute atomic E-state index is 14.1. The first-order valence-corrected chi connectivity index (χ1v) is 9.05. The summed E-state index contributed by atoms with van der Waals surface area (Å²) in [6.07, 6.45) is 8.40. The molecule has 0 saturated heterocycles. The van der Waals surface area contributed by atoms with Crippen LogP contribution in [0, 0.1) is 29.0 Å². The molecule has 0 heterocycles. The van der Waals surface area contributed by atoms with Crippen LogP contribution in [0.1, 0.15) is 45.4 Å². The summed E-state index contributed by atoms with van der Waals surface area (Å²) >= 11 is 3.48. The molecule has 4 bridgehead atoms. The Balaban J connectivity index is 1.59. The first-order chi connectivity index (χ1) is 10.1. The summed E-state index contributed by atoms with van der Waals surface area (Å²) in [4.78, 5) is 0. The van der Waals surface area contributed by atoms with Crippen LogP contribution < -0.4 is 5.32 Å². The lowest BCUT2D eigenvalue weighted by Crippen LogP contribution is -2.53. The van der Waals surface area contributed by atoms with Crippen molar-refractivity contribution in [1.29, 1.82) is 0 Å². The highest BCUT2D eigenvalue weighted by molar-refractivity contribution is 9.10. The monoisotopic (exact) mass is 351 g/mol. The summed E-state index contributed by atoms with van der Waals surface area (Å²) in [6, 6.07) is 5.55. The van der Waals surface area contributed by atoms with Crippen molar-refractivity contribution in [2.24, 2.45) is 23.2 Å². The zero-order chi connectivity index (χ0) is 14.6. The maximum Gasteiger partial charge on any atom is 0.147 e. The molecule has 0 spiro atoms. The Kier molecular flexibility index (Phi) is 3.33. The van der Waals surface area contributed by atoms with Gasteiger partial charge in [0.1, 0.15) is 5.82 Å². The second-order valence-electron chi connectivity index (χ2n) is 7.74. The molecule has 1 unspecified atom stereocenters. The van der Waals surface area contributed by atoms with Crippen molar-refractivity contribution in [3.63, 3.8) is 0 Å². The molecular formula is C18H23BrFN. The molecule has 1 nitrogen and oxygen atoms in total. The molecule has 114 valence electrons. The van der Waals surface area contributed by atoms with Gasteiger partial charge >= 0.3 is 0 Å². The molecule has 21 heavy (non-hydrogen) atoms. The summed E-state index contributed by atoms with van der Waals surface area (Å²) in [5.41, 5.74) is 1.04.